The number of benzene rings is 2. The van der Waals surface area contributed by atoms with Crippen LogP contribution in [0.5, 0.6) is 0 Å². The molecule has 0 atom stereocenters. The first-order chi connectivity index (χ1) is 15.0. The minimum atomic E-state index is -3.42. The quantitative estimate of drug-likeness (QED) is 0.480. The molecule has 2 heterocycles. The van der Waals surface area contributed by atoms with Crippen molar-refractivity contribution in [3.8, 4) is 0 Å². The average molecular weight is 473 g/mol. The summed E-state index contributed by atoms with van der Waals surface area (Å²) in [7, 11) is -3.42. The molecule has 0 aliphatic carbocycles. The Morgan fingerprint density at radius 1 is 1.00 bits per heavy atom. The van der Waals surface area contributed by atoms with Gasteiger partial charge in [0.2, 0.25) is 10.0 Å². The van der Waals surface area contributed by atoms with Gasteiger partial charge in [-0.2, -0.15) is 4.31 Å². The lowest BCUT2D eigenvalue weighted by molar-refractivity contribution is 0.0948. The van der Waals surface area contributed by atoms with E-state index in [1.54, 1.807) is 47.4 Å². The van der Waals surface area contributed by atoms with Crippen LogP contribution in [0.15, 0.2) is 75.8 Å². The summed E-state index contributed by atoms with van der Waals surface area (Å²) < 4.78 is 26.8. The molecule has 0 bridgehead atoms. The van der Waals surface area contributed by atoms with Crippen molar-refractivity contribution in [2.75, 3.05) is 13.1 Å². The zero-order chi connectivity index (χ0) is 21.7. The second-order valence-electron chi connectivity index (χ2n) is 7.30. The van der Waals surface area contributed by atoms with Crippen LogP contribution in [-0.4, -0.2) is 31.7 Å². The van der Waals surface area contributed by atoms with Gasteiger partial charge in [-0.1, -0.05) is 30.3 Å². The predicted octanol–water partition coefficient (Wildman–Crippen LogP) is 4.75. The van der Waals surface area contributed by atoms with Gasteiger partial charge in [0.05, 0.1) is 10.5 Å². The molecule has 1 aromatic heterocycles. The summed E-state index contributed by atoms with van der Waals surface area (Å²) in [5.74, 6) is 0.692. The fourth-order valence-corrected chi connectivity index (χ4v) is 6.80. The van der Waals surface area contributed by atoms with E-state index in [-0.39, 0.29) is 5.91 Å². The number of amides is 1. The smallest absolute Gasteiger partial charge is 0.252 e. The number of carbonyl (C=O) groups is 1. The summed E-state index contributed by atoms with van der Waals surface area (Å²) >= 11 is 3.36. The van der Waals surface area contributed by atoms with E-state index in [1.807, 2.05) is 30.3 Å². The lowest BCUT2D eigenvalue weighted by atomic mass is 10.2. The molecule has 1 aliphatic rings. The maximum atomic E-state index is 12.8. The van der Waals surface area contributed by atoms with Crippen molar-refractivity contribution < 1.29 is 13.2 Å². The zero-order valence-corrected chi connectivity index (χ0v) is 19.4. The summed E-state index contributed by atoms with van der Waals surface area (Å²) in [6, 6.07) is 18.5. The van der Waals surface area contributed by atoms with Gasteiger partial charge in [-0.05, 0) is 54.1 Å². The van der Waals surface area contributed by atoms with Crippen LogP contribution >= 0.6 is 23.1 Å². The lowest BCUT2D eigenvalue weighted by Gasteiger charge is -2.15. The minimum absolute atomic E-state index is 0.136. The fraction of sp³-hybridized carbons (Fsp3) is 0.261. The zero-order valence-electron chi connectivity index (χ0n) is 17.0. The van der Waals surface area contributed by atoms with E-state index in [0.717, 1.165) is 29.1 Å². The molecule has 0 radical (unpaired) electrons. The minimum Gasteiger partial charge on any atom is -0.348 e. The Morgan fingerprint density at radius 2 is 1.74 bits per heavy atom. The number of sulfonamides is 1. The molecule has 1 fully saturated rings. The van der Waals surface area contributed by atoms with Gasteiger partial charge in [-0.15, -0.1) is 23.1 Å². The van der Waals surface area contributed by atoms with E-state index in [0.29, 0.717) is 30.1 Å². The number of thiophene rings is 1. The van der Waals surface area contributed by atoms with E-state index >= 15 is 0 Å². The Bertz CT molecular complexity index is 1120. The lowest BCUT2D eigenvalue weighted by Crippen LogP contribution is -2.28. The molecule has 0 saturated carbocycles. The molecule has 31 heavy (non-hydrogen) atoms. The second-order valence-corrected chi connectivity index (χ2v) is 11.3. The SMILES string of the molecule is O=C(NCc1ccc(S(=O)(=O)N2CCCC2)cc1)c1ccccc1SCc1cccs1. The second kappa shape index (κ2) is 9.99. The normalized spacial score (nSPS) is 14.6. The van der Waals surface area contributed by atoms with Crippen LogP contribution < -0.4 is 5.32 Å². The molecule has 3 aromatic rings. The summed E-state index contributed by atoms with van der Waals surface area (Å²) in [5, 5.41) is 5.00. The number of thioether (sulfide) groups is 1. The van der Waals surface area contributed by atoms with Gasteiger partial charge in [-0.3, -0.25) is 4.79 Å². The summed E-state index contributed by atoms with van der Waals surface area (Å²) in [6.45, 7) is 1.51. The number of hydrogen-bond donors (Lipinski definition) is 1. The van der Waals surface area contributed by atoms with Crippen molar-refractivity contribution in [3.05, 3.63) is 82.0 Å². The van der Waals surface area contributed by atoms with Crippen LogP contribution in [0.25, 0.3) is 0 Å². The largest absolute Gasteiger partial charge is 0.348 e. The highest BCUT2D eigenvalue weighted by atomic mass is 32.2. The molecule has 162 valence electrons. The monoisotopic (exact) mass is 472 g/mol. The van der Waals surface area contributed by atoms with E-state index in [4.69, 9.17) is 0 Å². The van der Waals surface area contributed by atoms with Gasteiger partial charge in [0.15, 0.2) is 0 Å². The first-order valence-electron chi connectivity index (χ1n) is 10.2. The Kier molecular flexibility index (Phi) is 7.12. The summed E-state index contributed by atoms with van der Waals surface area (Å²) in [5.41, 5.74) is 1.51. The molecule has 5 nitrogen and oxygen atoms in total. The molecule has 1 amide bonds. The number of rotatable bonds is 8. The van der Waals surface area contributed by atoms with Crippen molar-refractivity contribution in [3.63, 3.8) is 0 Å². The molecule has 8 heteroatoms. The van der Waals surface area contributed by atoms with Crippen molar-refractivity contribution in [2.45, 2.75) is 34.9 Å². The summed E-state index contributed by atoms with van der Waals surface area (Å²) in [6.07, 6.45) is 1.83. The van der Waals surface area contributed by atoms with Gasteiger partial charge in [-0.25, -0.2) is 8.42 Å². The van der Waals surface area contributed by atoms with Crippen LogP contribution in [0.1, 0.15) is 33.6 Å². The van der Waals surface area contributed by atoms with E-state index in [9.17, 15) is 13.2 Å². The van der Waals surface area contributed by atoms with Gasteiger partial charge in [0.25, 0.3) is 5.91 Å². The predicted molar refractivity (Wildman–Crippen MR) is 126 cm³/mol. The highest BCUT2D eigenvalue weighted by Gasteiger charge is 2.26. The Labute approximate surface area is 191 Å². The van der Waals surface area contributed by atoms with Crippen LogP contribution in [0.3, 0.4) is 0 Å². The third kappa shape index (κ3) is 5.38. The molecule has 1 N–H and O–H groups in total. The Balaban J connectivity index is 1.38. The molecule has 4 rings (SSSR count). The molecular weight excluding hydrogens is 448 g/mol. The molecule has 0 unspecified atom stereocenters. The highest BCUT2D eigenvalue weighted by Crippen LogP contribution is 2.28. The maximum absolute atomic E-state index is 12.8. The highest BCUT2D eigenvalue weighted by molar-refractivity contribution is 7.98. The average Bonchev–Trinajstić information content (AvgIpc) is 3.51. The van der Waals surface area contributed by atoms with Gasteiger partial charge < -0.3 is 5.32 Å². The van der Waals surface area contributed by atoms with E-state index in [1.165, 1.54) is 9.18 Å². The van der Waals surface area contributed by atoms with Crippen LogP contribution in [-0.2, 0) is 22.3 Å². The molecule has 2 aromatic carbocycles. The number of hydrogen-bond acceptors (Lipinski definition) is 5. The Morgan fingerprint density at radius 3 is 2.45 bits per heavy atom. The number of nitrogens with one attached hydrogen (secondary N) is 1. The van der Waals surface area contributed by atoms with E-state index in [2.05, 4.69) is 16.8 Å². The first kappa shape index (κ1) is 22.1. The van der Waals surface area contributed by atoms with Crippen LogP contribution in [0, 0.1) is 0 Å². The van der Waals surface area contributed by atoms with Crippen molar-refractivity contribution in [1.29, 1.82) is 0 Å². The third-order valence-corrected chi connectivity index (χ3v) is 9.26. The van der Waals surface area contributed by atoms with Crippen molar-refractivity contribution in [2.24, 2.45) is 0 Å². The van der Waals surface area contributed by atoms with Crippen molar-refractivity contribution in [1.82, 2.24) is 9.62 Å². The molecule has 0 spiro atoms. The Hall–Kier alpha value is -2.13. The van der Waals surface area contributed by atoms with Crippen LogP contribution in [0.2, 0.25) is 0 Å². The number of nitrogens with zero attached hydrogens (tertiary/aromatic N) is 1. The first-order valence-corrected chi connectivity index (χ1v) is 13.5. The molecule has 1 aliphatic heterocycles. The van der Waals surface area contributed by atoms with Gasteiger partial charge in [0, 0.05) is 35.2 Å². The standard InChI is InChI=1S/C23H24N2O3S3/c26-23(21-7-1-2-8-22(21)30-17-19-6-5-15-29-19)24-16-18-9-11-20(12-10-18)31(27,28)25-13-3-4-14-25/h1-2,5-12,15H,3-4,13-14,16-17H2,(H,24,26). The molecule has 1 saturated heterocycles. The number of carbonyl (C=O) groups excluding carboxylic acids is 1. The topological polar surface area (TPSA) is 66.5 Å². The van der Waals surface area contributed by atoms with Gasteiger partial charge in [0.1, 0.15) is 0 Å². The fourth-order valence-electron chi connectivity index (χ4n) is 3.46. The third-order valence-electron chi connectivity index (χ3n) is 5.16. The maximum Gasteiger partial charge on any atom is 0.252 e. The van der Waals surface area contributed by atoms with Crippen LogP contribution in [0.4, 0.5) is 0 Å². The van der Waals surface area contributed by atoms with Gasteiger partial charge >= 0.3 is 0 Å². The summed E-state index contributed by atoms with van der Waals surface area (Å²) in [4.78, 5) is 15.3. The van der Waals surface area contributed by atoms with Crippen molar-refractivity contribution >= 4 is 39.0 Å². The molecular formula is C23H24N2O3S3. The van der Waals surface area contributed by atoms with E-state index < -0.39 is 10.0 Å².